The SMILES string of the molecule is CN1CC(CCN)CNN1C. The minimum atomic E-state index is 0.709. The Morgan fingerprint density at radius 3 is 2.82 bits per heavy atom. The zero-order chi connectivity index (χ0) is 8.27. The van der Waals surface area contributed by atoms with Gasteiger partial charge in [0.15, 0.2) is 0 Å². The fourth-order valence-corrected chi connectivity index (χ4v) is 1.37. The molecule has 0 spiro atoms. The minimum Gasteiger partial charge on any atom is -0.330 e. The van der Waals surface area contributed by atoms with E-state index in [0.717, 1.165) is 26.1 Å². The van der Waals surface area contributed by atoms with Gasteiger partial charge >= 0.3 is 0 Å². The molecule has 1 aliphatic rings. The van der Waals surface area contributed by atoms with E-state index in [1.165, 1.54) is 0 Å². The van der Waals surface area contributed by atoms with Crippen molar-refractivity contribution in [2.24, 2.45) is 11.7 Å². The Morgan fingerprint density at radius 2 is 2.27 bits per heavy atom. The summed E-state index contributed by atoms with van der Waals surface area (Å²) in [5.41, 5.74) is 8.75. The fourth-order valence-electron chi connectivity index (χ4n) is 1.37. The first-order chi connectivity index (χ1) is 5.24. The summed E-state index contributed by atoms with van der Waals surface area (Å²) in [5.74, 6) is 0.709. The Morgan fingerprint density at radius 1 is 1.55 bits per heavy atom. The maximum atomic E-state index is 5.48. The fraction of sp³-hybridized carbons (Fsp3) is 1.00. The Hall–Kier alpha value is -0.160. The van der Waals surface area contributed by atoms with Crippen LogP contribution in [0.3, 0.4) is 0 Å². The van der Waals surface area contributed by atoms with E-state index < -0.39 is 0 Å². The molecular weight excluding hydrogens is 140 g/mol. The zero-order valence-corrected chi connectivity index (χ0v) is 7.38. The van der Waals surface area contributed by atoms with Gasteiger partial charge in [0.25, 0.3) is 0 Å². The molecule has 66 valence electrons. The normalized spacial score (nSPS) is 29.2. The van der Waals surface area contributed by atoms with E-state index in [4.69, 9.17) is 5.73 Å². The van der Waals surface area contributed by atoms with Gasteiger partial charge in [-0.2, -0.15) is 5.12 Å². The Kier molecular flexibility index (Phi) is 3.26. The predicted molar refractivity (Wildman–Crippen MR) is 45.6 cm³/mol. The van der Waals surface area contributed by atoms with Gasteiger partial charge < -0.3 is 5.73 Å². The van der Waals surface area contributed by atoms with Crippen molar-refractivity contribution in [3.63, 3.8) is 0 Å². The molecule has 0 aromatic heterocycles. The maximum Gasteiger partial charge on any atom is 0.0184 e. The van der Waals surface area contributed by atoms with Crippen LogP contribution in [0.4, 0.5) is 0 Å². The highest BCUT2D eigenvalue weighted by molar-refractivity contribution is 4.68. The van der Waals surface area contributed by atoms with Gasteiger partial charge in [0, 0.05) is 27.2 Å². The Bertz CT molecular complexity index is 117. The van der Waals surface area contributed by atoms with Crippen molar-refractivity contribution >= 4 is 0 Å². The maximum absolute atomic E-state index is 5.48. The number of nitrogens with one attached hydrogen (secondary N) is 1. The molecule has 1 heterocycles. The first-order valence-corrected chi connectivity index (χ1v) is 4.12. The van der Waals surface area contributed by atoms with E-state index in [2.05, 4.69) is 17.5 Å². The van der Waals surface area contributed by atoms with Gasteiger partial charge in [-0.3, -0.25) is 0 Å². The van der Waals surface area contributed by atoms with E-state index in [1.807, 2.05) is 12.2 Å². The average molecular weight is 158 g/mol. The van der Waals surface area contributed by atoms with Crippen LogP contribution in [0.1, 0.15) is 6.42 Å². The largest absolute Gasteiger partial charge is 0.330 e. The van der Waals surface area contributed by atoms with Crippen LogP contribution in [0, 0.1) is 5.92 Å². The monoisotopic (exact) mass is 158 g/mol. The minimum absolute atomic E-state index is 0.709. The molecule has 0 aromatic carbocycles. The van der Waals surface area contributed by atoms with Crippen molar-refractivity contribution in [1.82, 2.24) is 15.6 Å². The lowest BCUT2D eigenvalue weighted by molar-refractivity contribution is -0.0716. The number of rotatable bonds is 2. The summed E-state index contributed by atoms with van der Waals surface area (Å²) in [6.45, 7) is 2.96. The van der Waals surface area contributed by atoms with E-state index in [-0.39, 0.29) is 0 Å². The molecule has 1 atom stereocenters. The summed E-state index contributed by atoms with van der Waals surface area (Å²) in [5, 5.41) is 4.19. The molecule has 0 aliphatic carbocycles. The number of nitrogens with two attached hydrogens (primary N) is 1. The third-order valence-electron chi connectivity index (χ3n) is 2.22. The van der Waals surface area contributed by atoms with Gasteiger partial charge in [-0.15, -0.1) is 0 Å². The highest BCUT2D eigenvalue weighted by Gasteiger charge is 2.19. The predicted octanol–water partition coefficient (Wildman–Crippen LogP) is -0.752. The van der Waals surface area contributed by atoms with Crippen molar-refractivity contribution < 1.29 is 0 Å². The number of nitrogens with zero attached hydrogens (tertiary/aromatic N) is 2. The molecule has 1 aliphatic heterocycles. The summed E-state index contributed by atoms with van der Waals surface area (Å²) in [7, 11) is 4.11. The lowest BCUT2D eigenvalue weighted by atomic mass is 10.1. The van der Waals surface area contributed by atoms with Crippen LogP contribution in [0.25, 0.3) is 0 Å². The molecule has 1 saturated heterocycles. The second-order valence-corrected chi connectivity index (χ2v) is 3.17. The molecule has 0 amide bonds. The lowest BCUT2D eigenvalue weighted by Gasteiger charge is -2.37. The van der Waals surface area contributed by atoms with E-state index in [9.17, 15) is 0 Å². The highest BCUT2D eigenvalue weighted by Crippen LogP contribution is 2.07. The van der Waals surface area contributed by atoms with Crippen molar-refractivity contribution in [3.05, 3.63) is 0 Å². The standard InChI is InChI=1S/C7H18N4/c1-10-6-7(3-4-8)5-9-11(10)2/h7,9H,3-6,8H2,1-2H3. The van der Waals surface area contributed by atoms with Crippen molar-refractivity contribution in [2.45, 2.75) is 6.42 Å². The molecule has 1 rings (SSSR count). The smallest absolute Gasteiger partial charge is 0.0184 e. The summed E-state index contributed by atoms with van der Waals surface area (Å²) in [6.07, 6.45) is 1.12. The number of hydrazine groups is 2. The highest BCUT2D eigenvalue weighted by atomic mass is 15.8. The lowest BCUT2D eigenvalue weighted by Crippen LogP contribution is -2.55. The molecule has 1 unspecified atom stereocenters. The Labute approximate surface area is 68.3 Å². The van der Waals surface area contributed by atoms with Gasteiger partial charge in [-0.05, 0) is 18.9 Å². The number of hydrogen-bond acceptors (Lipinski definition) is 4. The molecular formula is C7H18N4. The van der Waals surface area contributed by atoms with E-state index >= 15 is 0 Å². The van der Waals surface area contributed by atoms with Crippen molar-refractivity contribution in [1.29, 1.82) is 0 Å². The molecule has 0 aromatic rings. The van der Waals surface area contributed by atoms with E-state index in [1.54, 1.807) is 0 Å². The summed E-state index contributed by atoms with van der Waals surface area (Å²) >= 11 is 0. The van der Waals surface area contributed by atoms with Gasteiger partial charge in [-0.25, -0.2) is 10.4 Å². The number of hydrogen-bond donors (Lipinski definition) is 2. The molecule has 4 nitrogen and oxygen atoms in total. The van der Waals surface area contributed by atoms with Crippen LogP contribution < -0.4 is 11.2 Å². The Balaban J connectivity index is 2.28. The molecule has 3 N–H and O–H groups in total. The van der Waals surface area contributed by atoms with Crippen LogP contribution in [-0.4, -0.2) is 43.9 Å². The topological polar surface area (TPSA) is 44.5 Å². The summed E-state index contributed by atoms with van der Waals surface area (Å²) in [6, 6.07) is 0. The van der Waals surface area contributed by atoms with Crippen LogP contribution >= 0.6 is 0 Å². The molecule has 0 saturated carbocycles. The van der Waals surface area contributed by atoms with Crippen LogP contribution in [0.5, 0.6) is 0 Å². The second kappa shape index (κ2) is 4.01. The van der Waals surface area contributed by atoms with Crippen LogP contribution in [-0.2, 0) is 0 Å². The van der Waals surface area contributed by atoms with Crippen LogP contribution in [0.2, 0.25) is 0 Å². The molecule has 11 heavy (non-hydrogen) atoms. The van der Waals surface area contributed by atoms with Crippen molar-refractivity contribution in [2.75, 3.05) is 33.7 Å². The van der Waals surface area contributed by atoms with Gasteiger partial charge in [-0.1, -0.05) is 0 Å². The first kappa shape index (κ1) is 8.93. The quantitative estimate of drug-likeness (QED) is 0.555. The van der Waals surface area contributed by atoms with Gasteiger partial charge in [0.2, 0.25) is 0 Å². The molecule has 0 bridgehead atoms. The first-order valence-electron chi connectivity index (χ1n) is 4.12. The average Bonchev–Trinajstić information content (AvgIpc) is 1.98. The van der Waals surface area contributed by atoms with E-state index in [0.29, 0.717) is 5.92 Å². The third-order valence-corrected chi connectivity index (χ3v) is 2.22. The molecule has 4 heteroatoms. The molecule has 0 radical (unpaired) electrons. The summed E-state index contributed by atoms with van der Waals surface area (Å²) < 4.78 is 0. The van der Waals surface area contributed by atoms with Gasteiger partial charge in [0.1, 0.15) is 0 Å². The third kappa shape index (κ3) is 2.41. The zero-order valence-electron chi connectivity index (χ0n) is 7.38. The van der Waals surface area contributed by atoms with Crippen molar-refractivity contribution in [3.8, 4) is 0 Å². The van der Waals surface area contributed by atoms with Gasteiger partial charge in [0.05, 0.1) is 0 Å². The summed E-state index contributed by atoms with van der Waals surface area (Å²) in [4.78, 5) is 0. The second-order valence-electron chi connectivity index (χ2n) is 3.17. The molecule has 1 fully saturated rings. The van der Waals surface area contributed by atoms with Crippen LogP contribution in [0.15, 0.2) is 0 Å².